The summed E-state index contributed by atoms with van der Waals surface area (Å²) < 4.78 is 4.51. The maximum Gasteiger partial charge on any atom is 0.232 e. The van der Waals surface area contributed by atoms with Gasteiger partial charge in [-0.25, -0.2) is 0 Å². The van der Waals surface area contributed by atoms with E-state index < -0.39 is 11.8 Å². The Hall–Kier alpha value is -1.18. The van der Waals surface area contributed by atoms with E-state index in [-0.39, 0.29) is 0 Å². The van der Waals surface area contributed by atoms with Crippen molar-refractivity contribution in [3.63, 3.8) is 0 Å². The van der Waals surface area contributed by atoms with Gasteiger partial charge in [-0.2, -0.15) is 0 Å². The van der Waals surface area contributed by atoms with Gasteiger partial charge in [0.1, 0.15) is 15.7 Å². The molecule has 0 bridgehead atoms. The second-order valence-electron chi connectivity index (χ2n) is 3.12. The van der Waals surface area contributed by atoms with Gasteiger partial charge in [-0.05, 0) is 0 Å². The summed E-state index contributed by atoms with van der Waals surface area (Å²) in [5.41, 5.74) is 0.915. The van der Waals surface area contributed by atoms with E-state index in [4.69, 9.17) is 15.7 Å². The van der Waals surface area contributed by atoms with Crippen LogP contribution in [0.3, 0.4) is 0 Å². The van der Waals surface area contributed by atoms with Crippen LogP contribution in [-0.2, 0) is 4.74 Å². The first-order chi connectivity index (χ1) is 8.60. The van der Waals surface area contributed by atoms with E-state index in [1.165, 1.54) is 14.2 Å². The van der Waals surface area contributed by atoms with E-state index in [2.05, 4.69) is 17.9 Å². The summed E-state index contributed by atoms with van der Waals surface area (Å²) in [4.78, 5) is 11.0. The largest absolute Gasteiger partial charge is 0.492 e. The van der Waals surface area contributed by atoms with Gasteiger partial charge in [0.05, 0.1) is 7.17 Å². The second kappa shape index (κ2) is 10.9. The van der Waals surface area contributed by atoms with Crippen LogP contribution in [0, 0.1) is 0 Å². The molecule has 0 spiro atoms. The summed E-state index contributed by atoms with van der Waals surface area (Å²) in [6, 6.07) is 0. The molecule has 8 radical (unpaired) electrons. The fourth-order valence-corrected chi connectivity index (χ4v) is 0.956. The molecule has 0 aromatic heterocycles. The molecule has 0 aromatic carbocycles. The summed E-state index contributed by atoms with van der Waals surface area (Å²) in [5, 5.41) is 0. The van der Waals surface area contributed by atoms with Crippen LogP contribution in [0.1, 0.15) is 0 Å². The number of rotatable bonds is 9. The number of allylic oxidation sites excluding steroid dienone is 6. The minimum Gasteiger partial charge on any atom is -0.492 e. The van der Waals surface area contributed by atoms with Crippen LogP contribution in [0.4, 0.5) is 4.79 Å². The molecular weight excluding hydrogens is 217 g/mol. The molecule has 0 fully saturated rings. The Morgan fingerprint density at radius 2 is 1.83 bits per heavy atom. The first-order valence-electron chi connectivity index (χ1n) is 5.28. The smallest absolute Gasteiger partial charge is 0.232 e. The lowest BCUT2D eigenvalue weighted by atomic mass is 9.07. The summed E-state index contributed by atoms with van der Waals surface area (Å²) >= 11 is 0. The molecule has 0 atom stereocenters. The van der Waals surface area contributed by atoms with E-state index in [1.807, 2.05) is 12.2 Å². The van der Waals surface area contributed by atoms with Gasteiger partial charge in [0.25, 0.3) is 0 Å². The predicted octanol–water partition coefficient (Wildman–Crippen LogP) is 0.118. The van der Waals surface area contributed by atoms with Crippen molar-refractivity contribution in [2.45, 2.75) is 5.90 Å². The molecule has 80 valence electrons. The Bertz CT molecular complexity index is 337. The monoisotopic (exact) mass is 228 g/mol. The quantitative estimate of drug-likeness (QED) is 0.317. The lowest BCUT2D eigenvalue weighted by Gasteiger charge is -2.07. The zero-order valence-electron chi connectivity index (χ0n) is 10.2. The highest BCUT2D eigenvalue weighted by Gasteiger charge is 2.07. The third kappa shape index (κ3) is 10.0. The molecule has 0 N–H and O–H groups in total. The lowest BCUT2D eigenvalue weighted by Crippen LogP contribution is -2.29. The summed E-state index contributed by atoms with van der Waals surface area (Å²) in [5.74, 6) is -1.69. The molecule has 0 rings (SSSR count). The van der Waals surface area contributed by atoms with E-state index in [9.17, 15) is 4.79 Å². The predicted molar refractivity (Wildman–Crippen MR) is 82.4 cm³/mol. The first kappa shape index (κ1) is 16.8. The van der Waals surface area contributed by atoms with Crippen molar-refractivity contribution >= 4 is 50.0 Å². The Morgan fingerprint density at radius 1 is 1.17 bits per heavy atom. The average molecular weight is 227 g/mol. The van der Waals surface area contributed by atoms with E-state index in [1.54, 1.807) is 32.5 Å². The number of ether oxygens (including phenoxy) is 1. The number of carbonyl (C=O) groups excluding carboxylic acids is 1. The van der Waals surface area contributed by atoms with E-state index in [0.717, 1.165) is 5.47 Å². The molecule has 0 aliphatic carbocycles. The van der Waals surface area contributed by atoms with Gasteiger partial charge in [0, 0.05) is 20.0 Å². The highest BCUT2D eigenvalue weighted by atomic mass is 16.5. The van der Waals surface area contributed by atoms with Gasteiger partial charge >= 0.3 is 0 Å². The Morgan fingerprint density at radius 3 is 2.39 bits per heavy atom. The highest BCUT2D eigenvalue weighted by molar-refractivity contribution is 7.49. The van der Waals surface area contributed by atoms with Crippen molar-refractivity contribution in [3.05, 3.63) is 49.0 Å². The molecule has 0 saturated carbocycles. The van der Waals surface area contributed by atoms with Crippen LogP contribution in [0.5, 0.6) is 0 Å². The topological polar surface area (TPSA) is 26.3 Å². The van der Waals surface area contributed by atoms with Crippen molar-refractivity contribution in [1.82, 2.24) is 0 Å². The summed E-state index contributed by atoms with van der Waals surface area (Å²) in [6.45, 7) is 7.18. The first-order valence-corrected chi connectivity index (χ1v) is 5.28. The Balaban J connectivity index is 3.90. The molecule has 0 amide bonds. The maximum atomic E-state index is 11.0. The van der Waals surface area contributed by atoms with Gasteiger partial charge in [0.15, 0.2) is 0 Å². The second-order valence-corrected chi connectivity index (χ2v) is 3.12. The van der Waals surface area contributed by atoms with Gasteiger partial charge < -0.3 is 4.74 Å². The molecule has 0 aromatic rings. The molecule has 18 heavy (non-hydrogen) atoms. The van der Waals surface area contributed by atoms with Crippen molar-refractivity contribution in [2.75, 3.05) is 0 Å². The zero-order chi connectivity index (χ0) is 13.8. The summed E-state index contributed by atoms with van der Waals surface area (Å²) in [6.07, 6.45) is 8.80. The molecule has 0 saturated heterocycles. The van der Waals surface area contributed by atoms with Crippen molar-refractivity contribution in [1.29, 1.82) is 0 Å². The van der Waals surface area contributed by atoms with Crippen molar-refractivity contribution < 1.29 is 9.53 Å². The third-order valence-corrected chi connectivity index (χ3v) is 1.62. The SMILES string of the molecule is [B]C([B])OC(=O)[B][B][B][B]C(/C=C\C=C)=C/C=C. The zero-order valence-corrected chi connectivity index (χ0v) is 10.2. The van der Waals surface area contributed by atoms with Gasteiger partial charge in [-0.3, -0.25) is 4.79 Å². The van der Waals surface area contributed by atoms with Crippen LogP contribution in [0.15, 0.2) is 49.0 Å². The molecule has 2 nitrogen and oxygen atoms in total. The normalized spacial score (nSPS) is 10.8. The van der Waals surface area contributed by atoms with Crippen molar-refractivity contribution in [3.8, 4) is 0 Å². The average Bonchev–Trinajstić information content (AvgIpc) is 2.30. The third-order valence-electron chi connectivity index (χ3n) is 1.62. The van der Waals surface area contributed by atoms with E-state index >= 15 is 0 Å². The van der Waals surface area contributed by atoms with Crippen LogP contribution >= 0.6 is 0 Å². The fourth-order valence-electron chi connectivity index (χ4n) is 0.956. The van der Waals surface area contributed by atoms with Crippen LogP contribution < -0.4 is 0 Å². The van der Waals surface area contributed by atoms with E-state index in [0.29, 0.717) is 0 Å². The Labute approximate surface area is 115 Å². The number of carbonyl (C=O) groups is 1. The minimum absolute atomic E-state index is 0.592. The highest BCUT2D eigenvalue weighted by Crippen LogP contribution is 1.94. The van der Waals surface area contributed by atoms with Gasteiger partial charge in [-0.1, -0.05) is 49.0 Å². The van der Waals surface area contributed by atoms with Crippen LogP contribution in [0.2, 0.25) is 0 Å². The molecule has 0 aliphatic rings. The standard InChI is InChI=1S/C10H10B6O2/c1-3-5-7-8(6-4-2)13-15-16-14-10(17)18-9(11)12/h3-7,9H,1-2H2/b7-5-,8-6+. The number of hydrogen-bond acceptors (Lipinski definition) is 2. The minimum atomic E-state index is -1.10. The van der Waals surface area contributed by atoms with Gasteiger partial charge in [-0.15, -0.1) is 0 Å². The summed E-state index contributed by atoms with van der Waals surface area (Å²) in [7, 11) is 16.4. The molecule has 0 aliphatic heterocycles. The maximum absolute atomic E-state index is 11.0. The fraction of sp³-hybridized carbons (Fsp3) is 0.100. The Kier molecular flexibility index (Phi) is 10.2. The molecular formula is C10H10B6O2. The number of hydrogen-bond donors (Lipinski definition) is 0. The van der Waals surface area contributed by atoms with Crippen LogP contribution in [-0.4, -0.2) is 55.9 Å². The van der Waals surface area contributed by atoms with Crippen molar-refractivity contribution in [2.24, 2.45) is 0 Å². The van der Waals surface area contributed by atoms with Crippen LogP contribution in [0.25, 0.3) is 0 Å². The molecule has 0 unspecified atom stereocenters. The molecule has 0 heterocycles. The van der Waals surface area contributed by atoms with Gasteiger partial charge in [0.2, 0.25) is 13.0 Å². The molecule has 8 heteroatoms. The lowest BCUT2D eigenvalue weighted by molar-refractivity contribution is 0.182.